The van der Waals surface area contributed by atoms with Crippen molar-refractivity contribution in [2.45, 2.75) is 44.9 Å². The van der Waals surface area contributed by atoms with Crippen LogP contribution in [-0.4, -0.2) is 49.4 Å². The molecule has 160 valence electrons. The molecular weight excluding hydrogens is 394 g/mol. The Bertz CT molecular complexity index is 857. The first-order valence-corrected chi connectivity index (χ1v) is 12.0. The number of nitrogens with one attached hydrogen (secondary N) is 1. The second kappa shape index (κ2) is 10.1. The van der Waals surface area contributed by atoms with E-state index >= 15 is 0 Å². The Hall–Kier alpha value is -2.34. The van der Waals surface area contributed by atoms with Crippen molar-refractivity contribution >= 4 is 28.2 Å². The lowest BCUT2D eigenvalue weighted by Crippen LogP contribution is -2.30. The summed E-state index contributed by atoms with van der Waals surface area (Å²) in [5.74, 6) is 0.236. The van der Waals surface area contributed by atoms with Gasteiger partial charge in [0.15, 0.2) is 0 Å². The average Bonchev–Trinajstić information content (AvgIpc) is 3.29. The zero-order valence-electron chi connectivity index (χ0n) is 17.6. The summed E-state index contributed by atoms with van der Waals surface area (Å²) in [6, 6.07) is 12.4. The largest absolute Gasteiger partial charge is 0.363 e. The quantitative estimate of drug-likeness (QED) is 0.663. The van der Waals surface area contributed by atoms with Gasteiger partial charge >= 0.3 is 0 Å². The second-order valence-electron chi connectivity index (χ2n) is 8.19. The molecule has 0 radical (unpaired) electrons. The predicted molar refractivity (Wildman–Crippen MR) is 123 cm³/mol. The maximum absolute atomic E-state index is 12.9. The minimum atomic E-state index is -0.00833. The van der Waals surface area contributed by atoms with E-state index in [0.717, 1.165) is 49.5 Å². The van der Waals surface area contributed by atoms with Gasteiger partial charge in [-0.05, 0) is 37.3 Å². The maximum atomic E-state index is 12.9. The zero-order valence-corrected chi connectivity index (χ0v) is 18.4. The van der Waals surface area contributed by atoms with Crippen molar-refractivity contribution in [2.75, 3.05) is 37.6 Å². The first-order chi connectivity index (χ1) is 14.7. The molecule has 0 atom stereocenters. The van der Waals surface area contributed by atoms with Crippen molar-refractivity contribution in [3.8, 4) is 11.1 Å². The highest BCUT2D eigenvalue weighted by atomic mass is 32.1. The number of carbonyl (C=O) groups excluding carboxylic acids is 2. The molecule has 0 unspecified atom stereocenters. The molecule has 1 aromatic heterocycles. The number of amides is 2. The predicted octanol–water partition coefficient (Wildman–Crippen LogP) is 4.54. The van der Waals surface area contributed by atoms with Crippen LogP contribution in [0.2, 0.25) is 0 Å². The molecule has 5 nitrogen and oxygen atoms in total. The van der Waals surface area contributed by atoms with E-state index in [-0.39, 0.29) is 11.8 Å². The number of carbonyl (C=O) groups is 2. The van der Waals surface area contributed by atoms with Gasteiger partial charge in [0.25, 0.3) is 5.91 Å². The van der Waals surface area contributed by atoms with Gasteiger partial charge in [-0.3, -0.25) is 9.59 Å². The van der Waals surface area contributed by atoms with Crippen molar-refractivity contribution in [1.82, 2.24) is 10.2 Å². The van der Waals surface area contributed by atoms with Crippen LogP contribution in [0.1, 0.15) is 54.6 Å². The monoisotopic (exact) mass is 425 g/mol. The summed E-state index contributed by atoms with van der Waals surface area (Å²) in [6.07, 6.45) is 7.43. The van der Waals surface area contributed by atoms with E-state index in [2.05, 4.69) is 40.5 Å². The standard InChI is InChI=1S/C24H31N3O2S/c28-22-12-8-16-26(22)17-9-13-25-23(29)21-18-20(19-10-4-3-5-11-19)24(30-21)27-14-6-1-2-7-15-27/h3-5,10-11,18H,1-2,6-9,12-17H2,(H,25,29). The molecule has 2 saturated heterocycles. The van der Waals surface area contributed by atoms with E-state index in [4.69, 9.17) is 0 Å². The van der Waals surface area contributed by atoms with Gasteiger partial charge in [0.1, 0.15) is 0 Å². The van der Waals surface area contributed by atoms with E-state index in [1.807, 2.05) is 11.0 Å². The van der Waals surface area contributed by atoms with Crippen LogP contribution in [0.3, 0.4) is 0 Å². The number of hydrogen-bond donors (Lipinski definition) is 1. The van der Waals surface area contributed by atoms with Crippen LogP contribution in [0.25, 0.3) is 11.1 Å². The lowest BCUT2D eigenvalue weighted by molar-refractivity contribution is -0.127. The average molecular weight is 426 g/mol. The zero-order chi connectivity index (χ0) is 20.8. The molecule has 2 aromatic rings. The minimum absolute atomic E-state index is 0.00833. The van der Waals surface area contributed by atoms with Gasteiger partial charge in [0, 0.05) is 44.7 Å². The Balaban J connectivity index is 1.44. The molecular formula is C24H31N3O2S. The molecule has 0 saturated carbocycles. The molecule has 30 heavy (non-hydrogen) atoms. The molecule has 1 N–H and O–H groups in total. The summed E-state index contributed by atoms with van der Waals surface area (Å²) in [5, 5.41) is 4.28. The van der Waals surface area contributed by atoms with Crippen molar-refractivity contribution in [3.63, 3.8) is 0 Å². The third kappa shape index (κ3) is 5.04. The molecule has 2 fully saturated rings. The van der Waals surface area contributed by atoms with Crippen LogP contribution in [-0.2, 0) is 4.79 Å². The third-order valence-electron chi connectivity index (χ3n) is 5.98. The van der Waals surface area contributed by atoms with Gasteiger partial charge in [-0.2, -0.15) is 0 Å². The van der Waals surface area contributed by atoms with Crippen LogP contribution >= 0.6 is 11.3 Å². The molecule has 1 aromatic carbocycles. The third-order valence-corrected chi connectivity index (χ3v) is 7.17. The summed E-state index contributed by atoms with van der Waals surface area (Å²) < 4.78 is 0. The van der Waals surface area contributed by atoms with Crippen molar-refractivity contribution in [2.24, 2.45) is 0 Å². The second-order valence-corrected chi connectivity index (χ2v) is 9.22. The van der Waals surface area contributed by atoms with Gasteiger partial charge in [-0.25, -0.2) is 0 Å². The van der Waals surface area contributed by atoms with Gasteiger partial charge in [-0.15, -0.1) is 11.3 Å². The van der Waals surface area contributed by atoms with Crippen LogP contribution in [0.5, 0.6) is 0 Å². The van der Waals surface area contributed by atoms with Gasteiger partial charge < -0.3 is 15.1 Å². The number of likely N-dealkylation sites (tertiary alicyclic amines) is 1. The van der Waals surface area contributed by atoms with Crippen LogP contribution in [0, 0.1) is 0 Å². The van der Waals surface area contributed by atoms with Gasteiger partial charge in [0.05, 0.1) is 9.88 Å². The van der Waals surface area contributed by atoms with E-state index in [1.54, 1.807) is 11.3 Å². The number of thiophene rings is 1. The van der Waals surface area contributed by atoms with Crippen LogP contribution < -0.4 is 10.2 Å². The number of nitrogens with zero attached hydrogens (tertiary/aromatic N) is 2. The Labute approximate surface area is 183 Å². The summed E-state index contributed by atoms with van der Waals surface area (Å²) in [7, 11) is 0. The van der Waals surface area contributed by atoms with Crippen LogP contribution in [0.4, 0.5) is 5.00 Å². The summed E-state index contributed by atoms with van der Waals surface area (Å²) >= 11 is 1.61. The molecule has 0 bridgehead atoms. The Kier molecular flexibility index (Phi) is 7.05. The smallest absolute Gasteiger partial charge is 0.261 e. The fourth-order valence-corrected chi connectivity index (χ4v) is 5.47. The van der Waals surface area contributed by atoms with E-state index < -0.39 is 0 Å². The summed E-state index contributed by atoms with van der Waals surface area (Å²) in [5.41, 5.74) is 2.33. The van der Waals surface area contributed by atoms with Crippen LogP contribution in [0.15, 0.2) is 36.4 Å². The lowest BCUT2D eigenvalue weighted by Gasteiger charge is -2.22. The Morgan fingerprint density at radius 2 is 1.77 bits per heavy atom. The van der Waals surface area contributed by atoms with Crippen molar-refractivity contribution in [1.29, 1.82) is 0 Å². The topological polar surface area (TPSA) is 52.7 Å². The van der Waals surface area contributed by atoms with E-state index in [9.17, 15) is 9.59 Å². The Morgan fingerprint density at radius 3 is 2.47 bits per heavy atom. The molecule has 2 aliphatic heterocycles. The lowest BCUT2D eigenvalue weighted by atomic mass is 10.1. The van der Waals surface area contributed by atoms with Gasteiger partial charge in [0.2, 0.25) is 5.91 Å². The molecule has 2 aliphatic rings. The molecule has 2 amide bonds. The first kappa shape index (κ1) is 20.9. The molecule has 6 heteroatoms. The fraction of sp³-hybridized carbons (Fsp3) is 0.500. The molecule has 4 rings (SSSR count). The van der Waals surface area contributed by atoms with Gasteiger partial charge in [-0.1, -0.05) is 43.2 Å². The normalized spacial score (nSPS) is 17.3. The summed E-state index contributed by atoms with van der Waals surface area (Å²) in [4.78, 5) is 29.7. The highest BCUT2D eigenvalue weighted by molar-refractivity contribution is 7.18. The number of benzene rings is 1. The first-order valence-electron chi connectivity index (χ1n) is 11.2. The SMILES string of the molecule is O=C(NCCCN1CCCC1=O)c1cc(-c2ccccc2)c(N2CCCCCC2)s1. The van der Waals surface area contributed by atoms with E-state index in [1.165, 1.54) is 36.2 Å². The molecule has 0 aliphatic carbocycles. The molecule has 3 heterocycles. The highest BCUT2D eigenvalue weighted by Crippen LogP contribution is 2.40. The number of hydrogen-bond acceptors (Lipinski definition) is 4. The van der Waals surface area contributed by atoms with E-state index in [0.29, 0.717) is 13.0 Å². The maximum Gasteiger partial charge on any atom is 0.261 e. The Morgan fingerprint density at radius 1 is 1.00 bits per heavy atom. The van der Waals surface area contributed by atoms with Crippen molar-refractivity contribution in [3.05, 3.63) is 41.3 Å². The minimum Gasteiger partial charge on any atom is -0.363 e. The van der Waals surface area contributed by atoms with Crippen molar-refractivity contribution < 1.29 is 9.59 Å². The molecule has 0 spiro atoms. The number of rotatable bonds is 7. The highest BCUT2D eigenvalue weighted by Gasteiger charge is 2.22. The fourth-order valence-electron chi connectivity index (χ4n) is 4.33. The summed E-state index contributed by atoms with van der Waals surface area (Å²) in [6.45, 7) is 4.31. The number of anilines is 1.